The lowest BCUT2D eigenvalue weighted by Gasteiger charge is -2.19. The summed E-state index contributed by atoms with van der Waals surface area (Å²) in [4.78, 5) is 38.4. The van der Waals surface area contributed by atoms with Crippen LogP contribution in [-0.4, -0.2) is 18.1 Å². The van der Waals surface area contributed by atoms with E-state index in [1.807, 2.05) is 50.2 Å². The van der Waals surface area contributed by atoms with Crippen LogP contribution >= 0.6 is 0 Å². The minimum absolute atomic E-state index is 0.0785. The van der Waals surface area contributed by atoms with Gasteiger partial charge in [-0.25, -0.2) is 9.59 Å². The van der Waals surface area contributed by atoms with Crippen molar-refractivity contribution < 1.29 is 28.2 Å². The second-order valence-corrected chi connectivity index (χ2v) is 9.20. The number of ether oxygens (including phenoxy) is 3. The van der Waals surface area contributed by atoms with Crippen LogP contribution in [-0.2, 0) is 16.1 Å². The summed E-state index contributed by atoms with van der Waals surface area (Å²) in [5.41, 5.74) is 0.732. The van der Waals surface area contributed by atoms with E-state index in [0.29, 0.717) is 12.2 Å². The Labute approximate surface area is 220 Å². The number of fused-ring (bicyclic) bond motifs is 1. The smallest absolute Gasteiger partial charge is 0.408 e. The molecule has 1 heterocycles. The number of esters is 1. The van der Waals surface area contributed by atoms with Crippen molar-refractivity contribution in [1.29, 1.82) is 0 Å². The Balaban J connectivity index is 1.47. The van der Waals surface area contributed by atoms with E-state index in [0.717, 1.165) is 5.56 Å². The minimum Gasteiger partial charge on any atom is -0.457 e. The van der Waals surface area contributed by atoms with Crippen LogP contribution in [0.1, 0.15) is 31.6 Å². The van der Waals surface area contributed by atoms with Crippen LogP contribution in [0, 0.1) is 12.8 Å². The van der Waals surface area contributed by atoms with Crippen molar-refractivity contribution in [3.8, 4) is 17.2 Å². The highest BCUT2D eigenvalue weighted by atomic mass is 16.6. The molecule has 1 aromatic heterocycles. The average Bonchev–Trinajstić information content (AvgIpc) is 2.90. The van der Waals surface area contributed by atoms with Crippen LogP contribution in [0.5, 0.6) is 17.2 Å². The molecule has 0 radical (unpaired) electrons. The minimum atomic E-state index is -0.927. The molecule has 8 heteroatoms. The molecule has 3 aromatic carbocycles. The fraction of sp³-hybridized carbons (Fsp3) is 0.233. The molecule has 0 aliphatic heterocycles. The lowest BCUT2D eigenvalue weighted by molar-refractivity contribution is -0.137. The second kappa shape index (κ2) is 12.1. The molecule has 0 bridgehead atoms. The van der Waals surface area contributed by atoms with Crippen LogP contribution in [0.2, 0.25) is 0 Å². The highest BCUT2D eigenvalue weighted by Gasteiger charge is 2.25. The van der Waals surface area contributed by atoms with Gasteiger partial charge in [-0.3, -0.25) is 4.79 Å². The number of hydrogen-bond acceptors (Lipinski definition) is 7. The first-order valence-corrected chi connectivity index (χ1v) is 12.3. The lowest BCUT2D eigenvalue weighted by Crippen LogP contribution is -2.44. The van der Waals surface area contributed by atoms with E-state index in [1.165, 1.54) is 18.2 Å². The van der Waals surface area contributed by atoms with Crippen molar-refractivity contribution >= 4 is 23.0 Å². The van der Waals surface area contributed by atoms with E-state index < -0.39 is 18.1 Å². The van der Waals surface area contributed by atoms with Gasteiger partial charge in [-0.1, -0.05) is 62.4 Å². The maximum Gasteiger partial charge on any atom is 0.408 e. The third kappa shape index (κ3) is 6.79. The van der Waals surface area contributed by atoms with Gasteiger partial charge in [0.2, 0.25) is 11.2 Å². The van der Waals surface area contributed by atoms with Crippen molar-refractivity contribution in [3.05, 3.63) is 100 Å². The van der Waals surface area contributed by atoms with Crippen molar-refractivity contribution in [2.24, 2.45) is 5.92 Å². The van der Waals surface area contributed by atoms with E-state index in [9.17, 15) is 14.4 Å². The van der Waals surface area contributed by atoms with Gasteiger partial charge >= 0.3 is 12.1 Å². The van der Waals surface area contributed by atoms with Gasteiger partial charge < -0.3 is 23.9 Å². The molecule has 196 valence electrons. The summed E-state index contributed by atoms with van der Waals surface area (Å²) in [5, 5.41) is 2.88. The van der Waals surface area contributed by atoms with Gasteiger partial charge in [0.15, 0.2) is 0 Å². The number of carbonyl (C=O) groups excluding carboxylic acids is 2. The molecule has 0 fully saturated rings. The molecular weight excluding hydrogens is 486 g/mol. The predicted octanol–water partition coefficient (Wildman–Crippen LogP) is 6.14. The van der Waals surface area contributed by atoms with Crippen LogP contribution in [0.15, 0.2) is 88.1 Å². The zero-order valence-electron chi connectivity index (χ0n) is 21.4. The Hall–Kier alpha value is -4.59. The van der Waals surface area contributed by atoms with E-state index in [2.05, 4.69) is 5.32 Å². The molecule has 1 amide bonds. The number of carbonyl (C=O) groups is 2. The monoisotopic (exact) mass is 515 g/mol. The van der Waals surface area contributed by atoms with Gasteiger partial charge in [-0.15, -0.1) is 0 Å². The van der Waals surface area contributed by atoms with Gasteiger partial charge in [0, 0.05) is 6.07 Å². The number of para-hydroxylation sites is 1. The highest BCUT2D eigenvalue weighted by molar-refractivity contribution is 5.85. The molecule has 0 saturated carbocycles. The Kier molecular flexibility index (Phi) is 8.43. The second-order valence-electron chi connectivity index (χ2n) is 9.20. The fourth-order valence-electron chi connectivity index (χ4n) is 3.84. The van der Waals surface area contributed by atoms with Gasteiger partial charge in [0.1, 0.15) is 35.5 Å². The Morgan fingerprint density at radius 1 is 0.921 bits per heavy atom. The SMILES string of the molecule is Cc1oc2cc(OC(=O)C(CC(C)C)NC(=O)OCc3ccccc3)ccc2c(=O)c1Oc1ccccc1. The van der Waals surface area contributed by atoms with Gasteiger partial charge in [-0.2, -0.15) is 0 Å². The molecule has 0 saturated heterocycles. The maximum absolute atomic E-state index is 13.0. The Morgan fingerprint density at radius 2 is 1.61 bits per heavy atom. The van der Waals surface area contributed by atoms with Gasteiger partial charge in [-0.05, 0) is 49.1 Å². The Bertz CT molecular complexity index is 1460. The molecule has 8 nitrogen and oxygen atoms in total. The summed E-state index contributed by atoms with van der Waals surface area (Å²) in [7, 11) is 0. The van der Waals surface area contributed by atoms with Gasteiger partial charge in [0.25, 0.3) is 0 Å². The molecule has 0 aliphatic rings. The quantitative estimate of drug-likeness (QED) is 0.211. The molecule has 4 rings (SSSR count). The number of aryl methyl sites for hydroxylation is 1. The van der Waals surface area contributed by atoms with E-state index in [4.69, 9.17) is 18.6 Å². The first-order chi connectivity index (χ1) is 18.3. The summed E-state index contributed by atoms with van der Waals surface area (Å²) < 4.78 is 22.4. The molecule has 38 heavy (non-hydrogen) atoms. The zero-order valence-corrected chi connectivity index (χ0v) is 21.4. The molecule has 0 aliphatic carbocycles. The molecule has 0 spiro atoms. The highest BCUT2D eigenvalue weighted by Crippen LogP contribution is 2.27. The average molecular weight is 516 g/mol. The largest absolute Gasteiger partial charge is 0.457 e. The topological polar surface area (TPSA) is 104 Å². The van der Waals surface area contributed by atoms with Crippen LogP contribution in [0.3, 0.4) is 0 Å². The van der Waals surface area contributed by atoms with Crippen molar-refractivity contribution in [2.75, 3.05) is 0 Å². The van der Waals surface area contributed by atoms with Crippen LogP contribution in [0.25, 0.3) is 11.0 Å². The Morgan fingerprint density at radius 3 is 2.29 bits per heavy atom. The van der Waals surface area contributed by atoms with Crippen LogP contribution in [0.4, 0.5) is 4.79 Å². The lowest BCUT2D eigenvalue weighted by atomic mass is 10.0. The number of benzene rings is 3. The van der Waals surface area contributed by atoms with Crippen molar-refractivity contribution in [1.82, 2.24) is 5.32 Å². The first kappa shape index (κ1) is 26.5. The summed E-state index contributed by atoms with van der Waals surface area (Å²) in [6, 6.07) is 21.7. The van der Waals surface area contributed by atoms with Crippen molar-refractivity contribution in [2.45, 2.75) is 39.8 Å². The third-order valence-electron chi connectivity index (χ3n) is 5.66. The molecular formula is C30H29NO7. The van der Waals surface area contributed by atoms with E-state index >= 15 is 0 Å². The molecule has 1 atom stereocenters. The number of hydrogen-bond donors (Lipinski definition) is 1. The zero-order chi connectivity index (χ0) is 27.1. The maximum atomic E-state index is 13.0. The number of amides is 1. The summed E-state index contributed by atoms with van der Waals surface area (Å²) in [6.07, 6.45) is -0.371. The standard InChI is InChI=1S/C30H29NO7/c1-19(2)16-25(31-30(34)35-18-21-10-6-4-7-11-21)29(33)38-23-14-15-24-26(17-23)36-20(3)28(27(24)32)37-22-12-8-5-9-13-22/h4-15,17,19,25H,16,18H2,1-3H3,(H,31,34). The number of rotatable bonds is 9. The van der Waals surface area contributed by atoms with Crippen LogP contribution < -0.4 is 20.2 Å². The number of alkyl carbamates (subject to hydrolysis) is 1. The van der Waals surface area contributed by atoms with E-state index in [-0.39, 0.29) is 46.2 Å². The van der Waals surface area contributed by atoms with Crippen molar-refractivity contribution in [3.63, 3.8) is 0 Å². The molecule has 4 aromatic rings. The summed E-state index contributed by atoms with van der Waals surface area (Å²) >= 11 is 0. The predicted molar refractivity (Wildman–Crippen MR) is 142 cm³/mol. The third-order valence-corrected chi connectivity index (χ3v) is 5.66. The molecule has 1 N–H and O–H groups in total. The number of nitrogens with one attached hydrogen (secondary N) is 1. The van der Waals surface area contributed by atoms with E-state index in [1.54, 1.807) is 31.2 Å². The normalized spacial score (nSPS) is 11.7. The summed E-state index contributed by atoms with van der Waals surface area (Å²) in [6.45, 7) is 5.57. The fourth-order valence-corrected chi connectivity index (χ4v) is 3.84. The van der Waals surface area contributed by atoms with Gasteiger partial charge in [0.05, 0.1) is 5.39 Å². The summed E-state index contributed by atoms with van der Waals surface area (Å²) in [5.74, 6) is 0.507. The molecule has 1 unspecified atom stereocenters. The first-order valence-electron chi connectivity index (χ1n) is 12.3.